The van der Waals surface area contributed by atoms with Crippen LogP contribution in [0.5, 0.6) is 0 Å². The molecule has 1 rings (SSSR count). The molecule has 2 nitrogen and oxygen atoms in total. The van der Waals surface area contributed by atoms with E-state index >= 15 is 0 Å². The lowest BCUT2D eigenvalue weighted by atomic mass is 10.4. The summed E-state index contributed by atoms with van der Waals surface area (Å²) in [5.41, 5.74) is 7.46. The van der Waals surface area contributed by atoms with Gasteiger partial charge in [-0.05, 0) is 0 Å². The molecule has 0 atom stereocenters. The van der Waals surface area contributed by atoms with Crippen LogP contribution < -0.4 is 0 Å². The zero-order valence-electron chi connectivity index (χ0n) is 3.76. The number of nitrogens with one attached hydrogen (secondary N) is 1. The molecule has 1 heterocycles. The molecule has 0 amide bonds. The third-order valence-corrected chi connectivity index (χ3v) is 0.680. The molecule has 2 heteroatoms. The van der Waals surface area contributed by atoms with E-state index in [-0.39, 0.29) is 0 Å². The number of rotatable bonds is 0. The van der Waals surface area contributed by atoms with Crippen LogP contribution in [-0.4, -0.2) is 4.98 Å². The Labute approximate surface area is 42.0 Å². The van der Waals surface area contributed by atoms with Gasteiger partial charge in [-0.1, -0.05) is 12.1 Å². The number of hydrogen-bond donors (Lipinski definition) is 0. The molecule has 0 saturated heterocycles. The van der Waals surface area contributed by atoms with E-state index in [1.165, 1.54) is 0 Å². The second kappa shape index (κ2) is 1.60. The molecule has 0 spiro atoms. The van der Waals surface area contributed by atoms with Gasteiger partial charge in [-0.25, -0.2) is 0 Å². The second-order valence-electron chi connectivity index (χ2n) is 1.24. The molecule has 36 valence electrons. The Balaban J connectivity index is 3.02. The van der Waals surface area contributed by atoms with Crippen molar-refractivity contribution in [3.05, 3.63) is 30.3 Å². The molecule has 0 fully saturated rings. The van der Waals surface area contributed by atoms with Crippen LogP contribution in [0.4, 0.5) is 5.69 Å². The zero-order chi connectivity index (χ0) is 5.11. The smallest absolute Gasteiger partial charge is 0.0255 e. The van der Waals surface area contributed by atoms with Gasteiger partial charge in [0, 0.05) is 12.4 Å². The van der Waals surface area contributed by atoms with Gasteiger partial charge in [0.15, 0.2) is 0 Å². The van der Waals surface area contributed by atoms with Crippen LogP contribution in [0.15, 0.2) is 24.5 Å². The Morgan fingerprint density at radius 1 is 1.29 bits per heavy atom. The van der Waals surface area contributed by atoms with Gasteiger partial charge in [0.1, 0.15) is 0 Å². The predicted octanol–water partition coefficient (Wildman–Crippen LogP) is 1.77. The summed E-state index contributed by atoms with van der Waals surface area (Å²) in [6, 6.07) is 3.28. The molecule has 0 saturated carbocycles. The van der Waals surface area contributed by atoms with Crippen LogP contribution in [0.3, 0.4) is 0 Å². The van der Waals surface area contributed by atoms with Crippen LogP contribution >= 0.6 is 0 Å². The highest BCUT2D eigenvalue weighted by Gasteiger charge is 1.65. The van der Waals surface area contributed by atoms with E-state index in [2.05, 4.69) is 4.98 Å². The first-order valence-electron chi connectivity index (χ1n) is 2.01. The molecule has 0 bridgehead atoms. The van der Waals surface area contributed by atoms with Gasteiger partial charge in [-0.15, -0.1) is 5.69 Å². The Bertz CT molecular complexity index is 136. The summed E-state index contributed by atoms with van der Waals surface area (Å²) in [7, 11) is 0. The van der Waals surface area contributed by atoms with Crippen molar-refractivity contribution in [1.82, 2.24) is 4.98 Å². The summed E-state index contributed by atoms with van der Waals surface area (Å²) in [6.45, 7) is 0. The molecule has 1 N–H and O–H groups in total. The highest BCUT2D eigenvalue weighted by molar-refractivity contribution is 5.39. The number of hydrogen-bond acceptors (Lipinski definition) is 1. The van der Waals surface area contributed by atoms with Crippen LogP contribution in [0.1, 0.15) is 0 Å². The molecule has 1 aromatic rings. The van der Waals surface area contributed by atoms with Gasteiger partial charge in [0.05, 0.1) is 0 Å². The van der Waals surface area contributed by atoms with Gasteiger partial charge in [0.2, 0.25) is 0 Å². The maximum absolute atomic E-state index is 6.96. The number of aromatic nitrogens is 1. The van der Waals surface area contributed by atoms with Gasteiger partial charge < -0.3 is 5.73 Å². The SMILES string of the molecule is [NH-]c1ccncc1. The maximum Gasteiger partial charge on any atom is 0.0255 e. The molecule has 0 aliphatic carbocycles. The summed E-state index contributed by atoms with van der Waals surface area (Å²) in [4.78, 5) is 3.73. The Hall–Kier alpha value is -1.05. The van der Waals surface area contributed by atoms with Crippen molar-refractivity contribution in [2.75, 3.05) is 0 Å². The lowest BCUT2D eigenvalue weighted by Crippen LogP contribution is -1.61. The summed E-state index contributed by atoms with van der Waals surface area (Å²) in [5.74, 6) is 0. The van der Waals surface area contributed by atoms with E-state index in [0.717, 1.165) is 0 Å². The van der Waals surface area contributed by atoms with Crippen molar-refractivity contribution in [2.45, 2.75) is 0 Å². The molecule has 7 heavy (non-hydrogen) atoms. The van der Waals surface area contributed by atoms with Crippen molar-refractivity contribution in [1.29, 1.82) is 0 Å². The Kier molecular flexibility index (Phi) is 0.941. The molecule has 0 aliphatic rings. The van der Waals surface area contributed by atoms with E-state index in [9.17, 15) is 0 Å². The van der Waals surface area contributed by atoms with E-state index in [1.807, 2.05) is 0 Å². The fourth-order valence-electron chi connectivity index (χ4n) is 0.352. The van der Waals surface area contributed by atoms with Crippen molar-refractivity contribution in [2.24, 2.45) is 0 Å². The average Bonchev–Trinajstić information content (AvgIpc) is 1.69. The van der Waals surface area contributed by atoms with Crippen molar-refractivity contribution >= 4 is 5.69 Å². The van der Waals surface area contributed by atoms with Crippen molar-refractivity contribution < 1.29 is 0 Å². The van der Waals surface area contributed by atoms with E-state index in [1.54, 1.807) is 24.5 Å². The quantitative estimate of drug-likeness (QED) is 0.481. The minimum absolute atomic E-state index is 0.509. The fraction of sp³-hybridized carbons (Fsp3) is 0. The molecule has 0 radical (unpaired) electrons. The summed E-state index contributed by atoms with van der Waals surface area (Å²) < 4.78 is 0. The van der Waals surface area contributed by atoms with Crippen LogP contribution in [0.2, 0.25) is 0 Å². The molecule has 0 aliphatic heterocycles. The monoisotopic (exact) mass is 93.0 g/mol. The molecule has 1 aromatic heterocycles. The van der Waals surface area contributed by atoms with Gasteiger partial charge in [-0.3, -0.25) is 4.98 Å². The first-order chi connectivity index (χ1) is 3.39. The minimum atomic E-state index is 0.509. The standard InChI is InChI=1S/C5H5N2/c6-5-1-3-7-4-2-5/h1-4H,(H-,6,7)/q-1. The van der Waals surface area contributed by atoms with E-state index in [4.69, 9.17) is 5.73 Å². The third kappa shape index (κ3) is 0.892. The van der Waals surface area contributed by atoms with E-state index in [0.29, 0.717) is 5.69 Å². The van der Waals surface area contributed by atoms with Gasteiger partial charge >= 0.3 is 0 Å². The molecule has 0 unspecified atom stereocenters. The highest BCUT2D eigenvalue weighted by Crippen LogP contribution is 2.03. The summed E-state index contributed by atoms with van der Waals surface area (Å²) >= 11 is 0. The fourth-order valence-corrected chi connectivity index (χ4v) is 0.352. The zero-order valence-corrected chi connectivity index (χ0v) is 3.76. The molecule has 0 aromatic carbocycles. The second-order valence-corrected chi connectivity index (χ2v) is 1.24. The topological polar surface area (TPSA) is 36.7 Å². The van der Waals surface area contributed by atoms with Crippen molar-refractivity contribution in [3.8, 4) is 0 Å². The van der Waals surface area contributed by atoms with Crippen LogP contribution in [0, 0.1) is 0 Å². The summed E-state index contributed by atoms with van der Waals surface area (Å²) in [6.07, 6.45) is 3.20. The van der Waals surface area contributed by atoms with Crippen LogP contribution in [0.25, 0.3) is 5.73 Å². The first-order valence-corrected chi connectivity index (χ1v) is 2.01. The predicted molar refractivity (Wildman–Crippen MR) is 28.2 cm³/mol. The van der Waals surface area contributed by atoms with Crippen molar-refractivity contribution in [3.63, 3.8) is 0 Å². The number of pyridine rings is 1. The Morgan fingerprint density at radius 2 is 1.86 bits per heavy atom. The first kappa shape index (κ1) is 4.12. The van der Waals surface area contributed by atoms with Gasteiger partial charge in [0.25, 0.3) is 0 Å². The molecular formula is C5H5N2-. The summed E-state index contributed by atoms with van der Waals surface area (Å²) in [5, 5.41) is 0. The Morgan fingerprint density at radius 3 is 2.14 bits per heavy atom. The maximum atomic E-state index is 6.96. The normalized spacial score (nSPS) is 8.57. The van der Waals surface area contributed by atoms with Gasteiger partial charge in [-0.2, -0.15) is 0 Å². The average molecular weight is 93.1 g/mol. The van der Waals surface area contributed by atoms with E-state index < -0.39 is 0 Å². The third-order valence-electron chi connectivity index (χ3n) is 0.680. The van der Waals surface area contributed by atoms with Crippen LogP contribution in [-0.2, 0) is 0 Å². The highest BCUT2D eigenvalue weighted by atomic mass is 14.6. The molecular weight excluding hydrogens is 88.1 g/mol. The number of nitrogens with zero attached hydrogens (tertiary/aromatic N) is 1. The largest absolute Gasteiger partial charge is 0.699 e. The lowest BCUT2D eigenvalue weighted by Gasteiger charge is -1.95. The minimum Gasteiger partial charge on any atom is -0.699 e. The lowest BCUT2D eigenvalue weighted by molar-refractivity contribution is 1.34.